The number of likely N-dealkylation sites (tertiary alicyclic amines) is 1. The van der Waals surface area contributed by atoms with Crippen LogP contribution in [0.5, 0.6) is 5.75 Å². The van der Waals surface area contributed by atoms with Crippen LogP contribution in [0.4, 0.5) is 4.39 Å². The van der Waals surface area contributed by atoms with Crippen LogP contribution in [0.3, 0.4) is 0 Å². The van der Waals surface area contributed by atoms with Gasteiger partial charge in [-0.15, -0.1) is 0 Å². The summed E-state index contributed by atoms with van der Waals surface area (Å²) in [6.07, 6.45) is 3.20. The third kappa shape index (κ3) is 4.46. The fraction of sp³-hybridized carbons (Fsp3) is 0.625. The standard InChI is InChI=1S/C16H24FNO2/c1-16(13-19)8-2-9-18(12-16)10-3-11-20-15-6-4-14(17)5-7-15/h4-7,19H,2-3,8-13H2,1H3. The first-order chi connectivity index (χ1) is 9.61. The first-order valence-corrected chi connectivity index (χ1v) is 7.33. The highest BCUT2D eigenvalue weighted by atomic mass is 19.1. The first kappa shape index (κ1) is 15.3. The number of aliphatic hydroxyl groups is 1. The average molecular weight is 281 g/mol. The van der Waals surface area contributed by atoms with Crippen LogP contribution >= 0.6 is 0 Å². The summed E-state index contributed by atoms with van der Waals surface area (Å²) in [5.74, 6) is 0.471. The minimum absolute atomic E-state index is 0.0517. The Morgan fingerprint density at radius 2 is 2.10 bits per heavy atom. The predicted molar refractivity (Wildman–Crippen MR) is 77.4 cm³/mol. The third-order valence-corrected chi connectivity index (χ3v) is 3.94. The van der Waals surface area contributed by atoms with Crippen molar-refractivity contribution in [2.24, 2.45) is 5.41 Å². The van der Waals surface area contributed by atoms with E-state index in [2.05, 4.69) is 11.8 Å². The lowest BCUT2D eigenvalue weighted by Crippen LogP contribution is -2.44. The monoisotopic (exact) mass is 281 g/mol. The lowest BCUT2D eigenvalue weighted by Gasteiger charge is -2.39. The summed E-state index contributed by atoms with van der Waals surface area (Å²) in [6.45, 7) is 6.09. The summed E-state index contributed by atoms with van der Waals surface area (Å²) in [7, 11) is 0. The number of ether oxygens (including phenoxy) is 1. The zero-order valence-corrected chi connectivity index (χ0v) is 12.1. The molecule has 1 aromatic carbocycles. The molecule has 0 spiro atoms. The van der Waals surface area contributed by atoms with Crippen molar-refractivity contribution in [2.75, 3.05) is 32.8 Å². The zero-order chi connectivity index (χ0) is 14.4. The van der Waals surface area contributed by atoms with E-state index < -0.39 is 0 Å². The van der Waals surface area contributed by atoms with Gasteiger partial charge in [0.1, 0.15) is 11.6 Å². The van der Waals surface area contributed by atoms with Crippen molar-refractivity contribution in [3.8, 4) is 5.75 Å². The van der Waals surface area contributed by atoms with Gasteiger partial charge >= 0.3 is 0 Å². The van der Waals surface area contributed by atoms with E-state index in [1.54, 1.807) is 12.1 Å². The SMILES string of the molecule is CC1(CO)CCCN(CCCOc2ccc(F)cc2)C1. The Hall–Kier alpha value is -1.13. The van der Waals surface area contributed by atoms with E-state index in [1.165, 1.54) is 12.1 Å². The molecule has 0 bridgehead atoms. The normalized spacial score (nSPS) is 23.8. The maximum absolute atomic E-state index is 12.7. The number of piperidine rings is 1. The molecular weight excluding hydrogens is 257 g/mol. The van der Waals surface area contributed by atoms with E-state index in [-0.39, 0.29) is 17.8 Å². The molecule has 0 radical (unpaired) electrons. The first-order valence-electron chi connectivity index (χ1n) is 7.33. The van der Waals surface area contributed by atoms with E-state index in [9.17, 15) is 9.50 Å². The fourth-order valence-electron chi connectivity index (χ4n) is 2.76. The van der Waals surface area contributed by atoms with Gasteiger partial charge in [0, 0.05) is 25.1 Å². The Balaban J connectivity index is 1.67. The molecule has 0 aromatic heterocycles. The molecule has 3 nitrogen and oxygen atoms in total. The molecule has 2 rings (SSSR count). The summed E-state index contributed by atoms with van der Waals surface area (Å²) in [5.41, 5.74) is 0.0517. The summed E-state index contributed by atoms with van der Waals surface area (Å²) >= 11 is 0. The second-order valence-corrected chi connectivity index (χ2v) is 6.00. The molecule has 1 aliphatic rings. The minimum atomic E-state index is -0.242. The van der Waals surface area contributed by atoms with Crippen LogP contribution in [-0.4, -0.2) is 42.9 Å². The molecule has 1 atom stereocenters. The van der Waals surface area contributed by atoms with Crippen molar-refractivity contribution >= 4 is 0 Å². The number of rotatable bonds is 6. The second-order valence-electron chi connectivity index (χ2n) is 6.00. The maximum atomic E-state index is 12.7. The van der Waals surface area contributed by atoms with Crippen molar-refractivity contribution in [1.29, 1.82) is 0 Å². The average Bonchev–Trinajstić information content (AvgIpc) is 2.46. The van der Waals surface area contributed by atoms with E-state index in [1.807, 2.05) is 0 Å². The predicted octanol–water partition coefficient (Wildman–Crippen LogP) is 2.69. The number of nitrogens with zero attached hydrogens (tertiary/aromatic N) is 1. The molecule has 1 unspecified atom stereocenters. The van der Waals surface area contributed by atoms with Crippen LogP contribution in [0.15, 0.2) is 24.3 Å². The zero-order valence-electron chi connectivity index (χ0n) is 12.1. The van der Waals surface area contributed by atoms with Gasteiger partial charge in [-0.05, 0) is 50.1 Å². The molecule has 1 heterocycles. The number of aliphatic hydroxyl groups excluding tert-OH is 1. The van der Waals surface area contributed by atoms with Crippen LogP contribution in [0.25, 0.3) is 0 Å². The third-order valence-electron chi connectivity index (χ3n) is 3.94. The van der Waals surface area contributed by atoms with Crippen molar-refractivity contribution < 1.29 is 14.2 Å². The largest absolute Gasteiger partial charge is 0.494 e. The Labute approximate surface area is 120 Å². The molecule has 1 saturated heterocycles. The summed E-state index contributed by atoms with van der Waals surface area (Å²) in [4.78, 5) is 2.40. The lowest BCUT2D eigenvalue weighted by atomic mass is 9.83. The Bertz CT molecular complexity index is 409. The van der Waals surface area contributed by atoms with Gasteiger partial charge in [0.2, 0.25) is 0 Å². The highest BCUT2D eigenvalue weighted by molar-refractivity contribution is 5.21. The van der Waals surface area contributed by atoms with Gasteiger partial charge in [0.05, 0.1) is 6.61 Å². The molecule has 1 aliphatic heterocycles. The van der Waals surface area contributed by atoms with E-state index in [0.29, 0.717) is 12.4 Å². The smallest absolute Gasteiger partial charge is 0.123 e. The number of benzene rings is 1. The van der Waals surface area contributed by atoms with Crippen molar-refractivity contribution in [2.45, 2.75) is 26.2 Å². The van der Waals surface area contributed by atoms with Gasteiger partial charge in [0.15, 0.2) is 0 Å². The van der Waals surface area contributed by atoms with Crippen LogP contribution in [0.1, 0.15) is 26.2 Å². The number of hydrogen-bond acceptors (Lipinski definition) is 3. The topological polar surface area (TPSA) is 32.7 Å². The number of halogens is 1. The van der Waals surface area contributed by atoms with Gasteiger partial charge in [0.25, 0.3) is 0 Å². The Kier molecular flexibility index (Phi) is 5.38. The summed E-state index contributed by atoms with van der Waals surface area (Å²) < 4.78 is 18.3. The van der Waals surface area contributed by atoms with Gasteiger partial charge in [-0.25, -0.2) is 4.39 Å². The van der Waals surface area contributed by atoms with Crippen molar-refractivity contribution in [3.05, 3.63) is 30.1 Å². The van der Waals surface area contributed by atoms with E-state index in [4.69, 9.17) is 4.74 Å². The molecular formula is C16H24FNO2. The molecule has 1 fully saturated rings. The quantitative estimate of drug-likeness (QED) is 0.814. The Morgan fingerprint density at radius 1 is 1.35 bits per heavy atom. The minimum Gasteiger partial charge on any atom is -0.494 e. The van der Waals surface area contributed by atoms with Gasteiger partial charge in [-0.2, -0.15) is 0 Å². The molecule has 112 valence electrons. The lowest BCUT2D eigenvalue weighted by molar-refractivity contribution is 0.0444. The molecule has 1 aromatic rings. The molecule has 0 aliphatic carbocycles. The molecule has 1 N–H and O–H groups in total. The second kappa shape index (κ2) is 7.04. The van der Waals surface area contributed by atoms with Crippen LogP contribution in [0.2, 0.25) is 0 Å². The molecule has 0 amide bonds. The Morgan fingerprint density at radius 3 is 2.80 bits per heavy atom. The molecule has 0 saturated carbocycles. The van der Waals surface area contributed by atoms with Gasteiger partial charge < -0.3 is 14.7 Å². The van der Waals surface area contributed by atoms with Crippen molar-refractivity contribution in [3.63, 3.8) is 0 Å². The fourth-order valence-corrected chi connectivity index (χ4v) is 2.76. The maximum Gasteiger partial charge on any atom is 0.123 e. The van der Waals surface area contributed by atoms with Gasteiger partial charge in [-0.1, -0.05) is 6.92 Å². The van der Waals surface area contributed by atoms with E-state index in [0.717, 1.165) is 38.9 Å². The molecule has 20 heavy (non-hydrogen) atoms. The van der Waals surface area contributed by atoms with Gasteiger partial charge in [-0.3, -0.25) is 0 Å². The van der Waals surface area contributed by atoms with E-state index >= 15 is 0 Å². The summed E-state index contributed by atoms with van der Waals surface area (Å²) in [6, 6.07) is 6.12. The van der Waals surface area contributed by atoms with Crippen LogP contribution < -0.4 is 4.74 Å². The highest BCUT2D eigenvalue weighted by Crippen LogP contribution is 2.28. The van der Waals surface area contributed by atoms with Crippen molar-refractivity contribution in [1.82, 2.24) is 4.90 Å². The number of hydrogen-bond donors (Lipinski definition) is 1. The van der Waals surface area contributed by atoms with Crippen LogP contribution in [0, 0.1) is 11.2 Å². The highest BCUT2D eigenvalue weighted by Gasteiger charge is 2.29. The molecule has 4 heteroatoms. The van der Waals surface area contributed by atoms with Crippen LogP contribution in [-0.2, 0) is 0 Å². The summed E-state index contributed by atoms with van der Waals surface area (Å²) in [5, 5.41) is 9.43.